The van der Waals surface area contributed by atoms with Gasteiger partial charge in [-0.25, -0.2) is 18.4 Å². The maximum atomic E-state index is 13.5. The van der Waals surface area contributed by atoms with Gasteiger partial charge in [0.1, 0.15) is 12.1 Å². The van der Waals surface area contributed by atoms with Crippen LogP contribution >= 0.6 is 11.6 Å². The summed E-state index contributed by atoms with van der Waals surface area (Å²) in [5.41, 5.74) is 2.61. The second-order valence-corrected chi connectivity index (χ2v) is 11.2. The van der Waals surface area contributed by atoms with Crippen LogP contribution in [0.2, 0.25) is 5.02 Å². The van der Waals surface area contributed by atoms with Crippen molar-refractivity contribution in [1.82, 2.24) is 19.9 Å². The Labute approximate surface area is 202 Å². The summed E-state index contributed by atoms with van der Waals surface area (Å²) in [5.74, 6) is 0.242. The molecule has 0 atom stereocenters. The number of sulfone groups is 1. The smallest absolute Gasteiger partial charge is 0.242 e. The summed E-state index contributed by atoms with van der Waals surface area (Å²) in [7, 11) is -3.87. The predicted octanol–water partition coefficient (Wildman–Crippen LogP) is 4.48. The van der Waals surface area contributed by atoms with Gasteiger partial charge in [-0.05, 0) is 60.9 Å². The zero-order valence-corrected chi connectivity index (χ0v) is 19.9. The molecule has 1 N–H and O–H groups in total. The molecule has 1 amide bonds. The number of hydrogen-bond acceptors (Lipinski definition) is 5. The number of nitrogens with one attached hydrogen (secondary N) is 1. The maximum absolute atomic E-state index is 13.5. The Hall–Kier alpha value is -3.23. The van der Waals surface area contributed by atoms with E-state index in [0.29, 0.717) is 36.5 Å². The molecule has 34 heavy (non-hydrogen) atoms. The minimum Gasteiger partial charge on any atom is -0.351 e. The number of carbonyl (C=O) groups excluding carboxylic acids is 1. The lowest BCUT2D eigenvalue weighted by molar-refractivity contribution is -0.123. The standard InChI is InChI=1S/C25H23ClN4O3S/c26-19-8-10-20(11-9-19)34(32,33)25(13-3-4-14-25)24(31)28-16-18-7-12-23(27-15-18)30-17-29-21-5-1-2-6-22(21)30/h1-2,5-12,15,17H,3-4,13-14,16H2,(H,28,31). The van der Waals surface area contributed by atoms with Crippen molar-refractivity contribution in [3.05, 3.63) is 83.8 Å². The SMILES string of the molecule is O=C(NCc1ccc(-n2cnc3ccccc32)nc1)C1(S(=O)(=O)c2ccc(Cl)cc2)CCCC1. The predicted molar refractivity (Wildman–Crippen MR) is 131 cm³/mol. The fourth-order valence-corrected chi connectivity index (χ4v) is 6.77. The van der Waals surface area contributed by atoms with Crippen LogP contribution in [-0.2, 0) is 21.2 Å². The summed E-state index contributed by atoms with van der Waals surface area (Å²) < 4.78 is 27.4. The van der Waals surface area contributed by atoms with Gasteiger partial charge in [-0.3, -0.25) is 9.36 Å². The molecule has 0 bridgehead atoms. The highest BCUT2D eigenvalue weighted by molar-refractivity contribution is 7.93. The molecule has 0 aliphatic heterocycles. The second-order valence-electron chi connectivity index (χ2n) is 8.47. The number of hydrogen-bond donors (Lipinski definition) is 1. The quantitative estimate of drug-likeness (QED) is 0.426. The van der Waals surface area contributed by atoms with E-state index >= 15 is 0 Å². The zero-order valence-electron chi connectivity index (χ0n) is 18.3. The van der Waals surface area contributed by atoms with Crippen LogP contribution in [0.25, 0.3) is 16.9 Å². The third-order valence-corrected chi connectivity index (χ3v) is 9.19. The van der Waals surface area contributed by atoms with Gasteiger partial charge in [-0.2, -0.15) is 0 Å². The molecule has 1 saturated carbocycles. The van der Waals surface area contributed by atoms with Crippen LogP contribution in [0, 0.1) is 0 Å². The van der Waals surface area contributed by atoms with E-state index in [-0.39, 0.29) is 11.4 Å². The maximum Gasteiger partial charge on any atom is 0.242 e. The first-order valence-corrected chi connectivity index (χ1v) is 12.9. The number of fused-ring (bicyclic) bond motifs is 1. The highest BCUT2D eigenvalue weighted by atomic mass is 35.5. The average Bonchev–Trinajstić information content (AvgIpc) is 3.52. The van der Waals surface area contributed by atoms with E-state index in [4.69, 9.17) is 11.6 Å². The number of rotatable bonds is 6. The molecule has 7 nitrogen and oxygen atoms in total. The van der Waals surface area contributed by atoms with E-state index in [2.05, 4.69) is 15.3 Å². The fraction of sp³-hybridized carbons (Fsp3) is 0.240. The lowest BCUT2D eigenvalue weighted by Crippen LogP contribution is -2.50. The minimum atomic E-state index is -3.87. The molecular formula is C25H23ClN4O3S. The van der Waals surface area contributed by atoms with E-state index in [1.807, 2.05) is 41.0 Å². The molecule has 2 aromatic heterocycles. The highest BCUT2D eigenvalue weighted by Gasteiger charge is 2.52. The van der Waals surface area contributed by atoms with E-state index < -0.39 is 20.5 Å². The normalized spacial score (nSPS) is 15.4. The van der Waals surface area contributed by atoms with Crippen molar-refractivity contribution in [2.24, 2.45) is 0 Å². The minimum absolute atomic E-state index is 0.118. The molecule has 1 aliphatic carbocycles. The van der Waals surface area contributed by atoms with Gasteiger partial charge in [0.05, 0.1) is 15.9 Å². The summed E-state index contributed by atoms with van der Waals surface area (Å²) in [5, 5.41) is 3.30. The molecule has 9 heteroatoms. The molecule has 0 spiro atoms. The molecule has 174 valence electrons. The topological polar surface area (TPSA) is 93.9 Å². The molecule has 0 radical (unpaired) electrons. The number of para-hydroxylation sites is 2. The first kappa shape index (κ1) is 22.6. The third kappa shape index (κ3) is 3.86. The van der Waals surface area contributed by atoms with Gasteiger partial charge < -0.3 is 5.32 Å². The van der Waals surface area contributed by atoms with Gasteiger partial charge in [0.25, 0.3) is 0 Å². The Kier molecular flexibility index (Phi) is 5.87. The summed E-state index contributed by atoms with van der Waals surface area (Å²) in [4.78, 5) is 22.3. The Bertz CT molecular complexity index is 1440. The molecule has 1 aliphatic rings. The first-order chi connectivity index (χ1) is 16.4. The second kappa shape index (κ2) is 8.85. The molecule has 2 heterocycles. The van der Waals surface area contributed by atoms with Crippen molar-refractivity contribution < 1.29 is 13.2 Å². The average molecular weight is 495 g/mol. The van der Waals surface area contributed by atoms with E-state index in [1.54, 1.807) is 12.5 Å². The van der Waals surface area contributed by atoms with Gasteiger partial charge >= 0.3 is 0 Å². The van der Waals surface area contributed by atoms with Crippen molar-refractivity contribution in [2.75, 3.05) is 0 Å². The summed E-state index contributed by atoms with van der Waals surface area (Å²) >= 11 is 5.92. The number of pyridine rings is 1. The fourth-order valence-electron chi connectivity index (χ4n) is 4.55. The van der Waals surface area contributed by atoms with Gasteiger partial charge in [-0.1, -0.05) is 42.6 Å². The number of benzene rings is 2. The molecule has 2 aromatic carbocycles. The molecule has 0 saturated heterocycles. The number of amides is 1. The molecule has 5 rings (SSSR count). The van der Waals surface area contributed by atoms with E-state index in [1.165, 1.54) is 24.3 Å². The van der Waals surface area contributed by atoms with Crippen LogP contribution in [0.4, 0.5) is 0 Å². The van der Waals surface area contributed by atoms with E-state index in [0.717, 1.165) is 16.6 Å². The van der Waals surface area contributed by atoms with Crippen LogP contribution in [0.5, 0.6) is 0 Å². The van der Waals surface area contributed by atoms with Crippen LogP contribution < -0.4 is 5.32 Å². The van der Waals surface area contributed by atoms with Crippen molar-refractivity contribution in [1.29, 1.82) is 0 Å². The molecular weight excluding hydrogens is 472 g/mol. The first-order valence-electron chi connectivity index (χ1n) is 11.1. The molecule has 4 aromatic rings. The van der Waals surface area contributed by atoms with Crippen LogP contribution in [-0.4, -0.2) is 33.6 Å². The zero-order chi connectivity index (χ0) is 23.8. The van der Waals surface area contributed by atoms with Crippen molar-refractivity contribution in [2.45, 2.75) is 41.9 Å². The Morgan fingerprint density at radius 3 is 2.44 bits per heavy atom. The lowest BCUT2D eigenvalue weighted by atomic mass is 10.1. The Balaban J connectivity index is 1.34. The van der Waals surface area contributed by atoms with Crippen LogP contribution in [0.15, 0.2) is 78.1 Å². The monoisotopic (exact) mass is 494 g/mol. The Morgan fingerprint density at radius 1 is 1.00 bits per heavy atom. The van der Waals surface area contributed by atoms with Crippen molar-refractivity contribution in [3.8, 4) is 5.82 Å². The largest absolute Gasteiger partial charge is 0.351 e. The third-order valence-electron chi connectivity index (χ3n) is 6.43. The van der Waals surface area contributed by atoms with Gasteiger partial charge in [0, 0.05) is 17.8 Å². The van der Waals surface area contributed by atoms with Crippen LogP contribution in [0.3, 0.4) is 0 Å². The summed E-state index contributed by atoms with van der Waals surface area (Å²) in [6.45, 7) is 0.189. The lowest BCUT2D eigenvalue weighted by Gasteiger charge is -2.27. The highest BCUT2D eigenvalue weighted by Crippen LogP contribution is 2.41. The summed E-state index contributed by atoms with van der Waals surface area (Å²) in [6, 6.07) is 17.5. The Morgan fingerprint density at radius 2 is 1.74 bits per heavy atom. The number of imidazole rings is 1. The molecule has 1 fully saturated rings. The van der Waals surface area contributed by atoms with Crippen molar-refractivity contribution >= 4 is 38.4 Å². The number of carbonyl (C=O) groups is 1. The van der Waals surface area contributed by atoms with Gasteiger partial charge in [0.15, 0.2) is 14.6 Å². The van der Waals surface area contributed by atoms with Gasteiger partial charge in [0.2, 0.25) is 5.91 Å². The number of nitrogens with zero attached hydrogens (tertiary/aromatic N) is 3. The van der Waals surface area contributed by atoms with Gasteiger partial charge in [-0.15, -0.1) is 0 Å². The van der Waals surface area contributed by atoms with E-state index in [9.17, 15) is 13.2 Å². The van der Waals surface area contributed by atoms with Crippen molar-refractivity contribution in [3.63, 3.8) is 0 Å². The molecule has 0 unspecified atom stereocenters. The summed E-state index contributed by atoms with van der Waals surface area (Å²) in [6.07, 6.45) is 5.38. The number of halogens is 1. The number of aromatic nitrogens is 3. The van der Waals surface area contributed by atoms with Crippen LogP contribution in [0.1, 0.15) is 31.2 Å².